The molecule has 2 aromatic heterocycles. The van der Waals surface area contributed by atoms with Crippen LogP contribution in [0.3, 0.4) is 0 Å². The number of benzene rings is 1. The Balaban J connectivity index is 1.74. The predicted molar refractivity (Wildman–Crippen MR) is 78.6 cm³/mol. The fourth-order valence-corrected chi connectivity index (χ4v) is 1.89. The summed E-state index contributed by atoms with van der Waals surface area (Å²) in [5, 5.41) is 8.62. The third kappa shape index (κ3) is 2.89. The molecule has 2 heterocycles. The lowest BCUT2D eigenvalue weighted by molar-refractivity contribution is 0.102. The second-order valence-electron chi connectivity index (χ2n) is 4.40. The van der Waals surface area contributed by atoms with Crippen molar-refractivity contribution in [2.75, 3.05) is 5.32 Å². The summed E-state index contributed by atoms with van der Waals surface area (Å²) in [5.41, 5.74) is 1.47. The summed E-state index contributed by atoms with van der Waals surface area (Å²) in [6, 6.07) is 13.9. The maximum Gasteiger partial charge on any atom is 0.276 e. The lowest BCUT2D eigenvalue weighted by atomic mass is 10.2. The summed E-state index contributed by atoms with van der Waals surface area (Å²) in [7, 11) is 0. The molecule has 0 aliphatic carbocycles. The molecule has 0 aliphatic heterocycles. The van der Waals surface area contributed by atoms with Crippen LogP contribution in [0.2, 0.25) is 0 Å². The number of amides is 1. The van der Waals surface area contributed by atoms with E-state index in [4.69, 9.17) is 0 Å². The number of H-pyrrole nitrogens is 1. The SMILES string of the molecule is O=C(Nc1ccc(-n2cccc2)cc1)c1ccc(=O)[nH]n1. The van der Waals surface area contributed by atoms with Crippen LogP contribution in [0.1, 0.15) is 10.5 Å². The van der Waals surface area contributed by atoms with Crippen LogP contribution in [0.25, 0.3) is 5.69 Å². The van der Waals surface area contributed by atoms with Gasteiger partial charge in [0, 0.05) is 29.8 Å². The lowest BCUT2D eigenvalue weighted by Gasteiger charge is -2.06. The number of anilines is 1. The van der Waals surface area contributed by atoms with Crippen molar-refractivity contribution in [1.82, 2.24) is 14.8 Å². The van der Waals surface area contributed by atoms with Gasteiger partial charge in [0.05, 0.1) is 0 Å². The highest BCUT2D eigenvalue weighted by Gasteiger charge is 2.07. The standard InChI is InChI=1S/C15H12N4O2/c20-14-8-7-13(17-18-14)15(21)16-11-3-5-12(6-4-11)19-9-1-2-10-19/h1-10H,(H,16,21)(H,18,20). The van der Waals surface area contributed by atoms with Crippen LogP contribution in [0, 0.1) is 0 Å². The van der Waals surface area contributed by atoms with Crippen LogP contribution in [0.4, 0.5) is 5.69 Å². The van der Waals surface area contributed by atoms with Gasteiger partial charge in [0.25, 0.3) is 11.5 Å². The van der Waals surface area contributed by atoms with Crippen molar-refractivity contribution >= 4 is 11.6 Å². The summed E-state index contributed by atoms with van der Waals surface area (Å²) in [4.78, 5) is 22.8. The molecule has 0 atom stereocenters. The third-order valence-corrected chi connectivity index (χ3v) is 2.94. The zero-order chi connectivity index (χ0) is 14.7. The Morgan fingerprint density at radius 1 is 1.05 bits per heavy atom. The molecule has 3 aromatic rings. The van der Waals surface area contributed by atoms with Crippen LogP contribution in [0.15, 0.2) is 65.7 Å². The Labute approximate surface area is 120 Å². The Hall–Kier alpha value is -3.15. The van der Waals surface area contributed by atoms with Gasteiger partial charge in [-0.3, -0.25) is 9.59 Å². The molecular weight excluding hydrogens is 268 g/mol. The molecule has 0 bridgehead atoms. The average Bonchev–Trinajstić information content (AvgIpc) is 3.03. The molecule has 1 aromatic carbocycles. The van der Waals surface area contributed by atoms with E-state index < -0.39 is 0 Å². The first kappa shape index (κ1) is 12.9. The van der Waals surface area contributed by atoms with Gasteiger partial charge in [0.15, 0.2) is 0 Å². The van der Waals surface area contributed by atoms with Crippen molar-refractivity contribution in [3.63, 3.8) is 0 Å². The molecule has 6 nitrogen and oxygen atoms in total. The van der Waals surface area contributed by atoms with Crippen molar-refractivity contribution in [3.05, 3.63) is 77.0 Å². The maximum atomic E-state index is 11.9. The van der Waals surface area contributed by atoms with Crippen molar-refractivity contribution in [1.29, 1.82) is 0 Å². The van der Waals surface area contributed by atoms with Gasteiger partial charge >= 0.3 is 0 Å². The number of nitrogens with one attached hydrogen (secondary N) is 2. The molecule has 3 rings (SSSR count). The van der Waals surface area contributed by atoms with E-state index in [-0.39, 0.29) is 17.2 Å². The number of rotatable bonds is 3. The van der Waals surface area contributed by atoms with Gasteiger partial charge in [0.2, 0.25) is 0 Å². The Morgan fingerprint density at radius 2 is 1.76 bits per heavy atom. The first-order chi connectivity index (χ1) is 10.2. The number of aromatic nitrogens is 3. The molecule has 0 saturated heterocycles. The maximum absolute atomic E-state index is 11.9. The lowest BCUT2D eigenvalue weighted by Crippen LogP contribution is -2.17. The van der Waals surface area contributed by atoms with E-state index in [0.29, 0.717) is 5.69 Å². The van der Waals surface area contributed by atoms with E-state index in [0.717, 1.165) is 5.69 Å². The van der Waals surface area contributed by atoms with Crippen LogP contribution in [-0.4, -0.2) is 20.7 Å². The number of carbonyl (C=O) groups excluding carboxylic acids is 1. The van der Waals surface area contributed by atoms with Crippen molar-refractivity contribution in [2.24, 2.45) is 0 Å². The largest absolute Gasteiger partial charge is 0.324 e. The van der Waals surface area contributed by atoms with Crippen molar-refractivity contribution in [3.8, 4) is 5.69 Å². The topological polar surface area (TPSA) is 79.8 Å². The smallest absolute Gasteiger partial charge is 0.276 e. The molecular formula is C15H12N4O2. The summed E-state index contributed by atoms with van der Waals surface area (Å²) < 4.78 is 1.97. The number of hydrogen-bond donors (Lipinski definition) is 2. The Bertz CT molecular complexity index is 784. The quantitative estimate of drug-likeness (QED) is 0.768. The van der Waals surface area contributed by atoms with E-state index in [9.17, 15) is 9.59 Å². The van der Waals surface area contributed by atoms with E-state index >= 15 is 0 Å². The molecule has 0 fully saturated rings. The molecule has 6 heteroatoms. The first-order valence-corrected chi connectivity index (χ1v) is 6.33. The summed E-state index contributed by atoms with van der Waals surface area (Å²) in [6.45, 7) is 0. The highest BCUT2D eigenvalue weighted by Crippen LogP contribution is 2.14. The molecule has 104 valence electrons. The zero-order valence-corrected chi connectivity index (χ0v) is 11.0. The second kappa shape index (κ2) is 5.46. The average molecular weight is 280 g/mol. The first-order valence-electron chi connectivity index (χ1n) is 6.33. The number of nitrogens with zero attached hydrogens (tertiary/aromatic N) is 2. The molecule has 21 heavy (non-hydrogen) atoms. The van der Waals surface area contributed by atoms with Crippen LogP contribution >= 0.6 is 0 Å². The summed E-state index contributed by atoms with van der Waals surface area (Å²) >= 11 is 0. The monoisotopic (exact) mass is 280 g/mol. The highest BCUT2D eigenvalue weighted by atomic mass is 16.2. The summed E-state index contributed by atoms with van der Waals surface area (Å²) in [5.74, 6) is -0.375. The fraction of sp³-hybridized carbons (Fsp3) is 0. The van der Waals surface area contributed by atoms with Gasteiger partial charge < -0.3 is 9.88 Å². The van der Waals surface area contributed by atoms with Gasteiger partial charge in [-0.05, 0) is 42.5 Å². The zero-order valence-electron chi connectivity index (χ0n) is 11.0. The fourth-order valence-electron chi connectivity index (χ4n) is 1.89. The van der Waals surface area contributed by atoms with Crippen LogP contribution in [0.5, 0.6) is 0 Å². The molecule has 0 saturated carbocycles. The Kier molecular flexibility index (Phi) is 3.34. The van der Waals surface area contributed by atoms with Gasteiger partial charge in [0.1, 0.15) is 5.69 Å². The van der Waals surface area contributed by atoms with Crippen molar-refractivity contribution in [2.45, 2.75) is 0 Å². The van der Waals surface area contributed by atoms with Gasteiger partial charge in [-0.25, -0.2) is 5.10 Å². The van der Waals surface area contributed by atoms with E-state index in [2.05, 4.69) is 15.5 Å². The third-order valence-electron chi connectivity index (χ3n) is 2.94. The number of aromatic amines is 1. The highest BCUT2D eigenvalue weighted by molar-refractivity contribution is 6.02. The summed E-state index contributed by atoms with van der Waals surface area (Å²) in [6.07, 6.45) is 3.88. The van der Waals surface area contributed by atoms with Gasteiger partial charge in [-0.1, -0.05) is 0 Å². The van der Waals surface area contributed by atoms with Crippen molar-refractivity contribution < 1.29 is 4.79 Å². The normalized spacial score (nSPS) is 10.3. The van der Waals surface area contributed by atoms with Crippen LogP contribution in [-0.2, 0) is 0 Å². The second-order valence-corrected chi connectivity index (χ2v) is 4.40. The van der Waals surface area contributed by atoms with Gasteiger partial charge in [-0.15, -0.1) is 0 Å². The van der Waals surface area contributed by atoms with Gasteiger partial charge in [-0.2, -0.15) is 5.10 Å². The minimum atomic E-state index is -0.375. The molecule has 0 radical (unpaired) electrons. The molecule has 0 unspecified atom stereocenters. The molecule has 1 amide bonds. The molecule has 0 spiro atoms. The number of carbonyl (C=O) groups is 1. The number of hydrogen-bond acceptors (Lipinski definition) is 3. The Morgan fingerprint density at radius 3 is 2.38 bits per heavy atom. The van der Waals surface area contributed by atoms with E-state index in [1.54, 1.807) is 12.1 Å². The minimum Gasteiger partial charge on any atom is -0.324 e. The predicted octanol–water partition coefficient (Wildman–Crippen LogP) is 1.81. The molecule has 2 N–H and O–H groups in total. The van der Waals surface area contributed by atoms with E-state index in [1.165, 1.54) is 12.1 Å². The molecule has 0 aliphatic rings. The minimum absolute atomic E-state index is 0.157. The van der Waals surface area contributed by atoms with Crippen LogP contribution < -0.4 is 10.9 Å². The van der Waals surface area contributed by atoms with E-state index in [1.807, 2.05) is 41.2 Å².